The van der Waals surface area contributed by atoms with Gasteiger partial charge in [-0.25, -0.2) is 0 Å². The molecule has 1 N–H and O–H groups in total. The molecule has 0 aliphatic carbocycles. The first kappa shape index (κ1) is 16.9. The van der Waals surface area contributed by atoms with Crippen molar-refractivity contribution in [2.75, 3.05) is 0 Å². The third-order valence-electron chi connectivity index (χ3n) is 2.98. The summed E-state index contributed by atoms with van der Waals surface area (Å²) >= 11 is 0. The average molecular weight is 275 g/mol. The molecule has 0 amide bonds. The van der Waals surface area contributed by atoms with E-state index in [0.717, 1.165) is 6.42 Å². The monoisotopic (exact) mass is 275 g/mol. The van der Waals surface area contributed by atoms with Gasteiger partial charge >= 0.3 is 0 Å². The van der Waals surface area contributed by atoms with Crippen LogP contribution in [0.4, 0.5) is 0 Å². The third kappa shape index (κ3) is 6.85. The fourth-order valence-electron chi connectivity index (χ4n) is 2.26. The number of ketones is 1. The van der Waals surface area contributed by atoms with Crippen LogP contribution in [0.15, 0.2) is 30.3 Å². The summed E-state index contributed by atoms with van der Waals surface area (Å²) in [7, 11) is 0. The first-order valence-electron chi connectivity index (χ1n) is 7.41. The van der Waals surface area contributed by atoms with Gasteiger partial charge < -0.3 is 5.32 Å². The molecular formula is C18H29NO. The molecular weight excluding hydrogens is 246 g/mol. The summed E-state index contributed by atoms with van der Waals surface area (Å²) in [6.45, 7) is 12.7. The second-order valence-corrected chi connectivity index (χ2v) is 7.84. The van der Waals surface area contributed by atoms with Gasteiger partial charge in [0.2, 0.25) is 0 Å². The Hall–Kier alpha value is -1.15. The minimum Gasteiger partial charge on any atom is -0.302 e. The lowest BCUT2D eigenvalue weighted by Gasteiger charge is -2.30. The normalized spacial score (nSPS) is 14.1. The Balaban J connectivity index is 2.83. The smallest absolute Gasteiger partial charge is 0.150 e. The number of rotatable bonds is 5. The Kier molecular flexibility index (Phi) is 5.52. The maximum atomic E-state index is 12.6. The number of hydrogen-bond acceptors (Lipinski definition) is 2. The molecule has 0 bridgehead atoms. The fraction of sp³-hybridized carbons (Fsp3) is 0.611. The highest BCUT2D eigenvalue weighted by atomic mass is 16.1. The van der Waals surface area contributed by atoms with Crippen LogP contribution < -0.4 is 5.32 Å². The van der Waals surface area contributed by atoms with Crippen LogP contribution in [0.3, 0.4) is 0 Å². The largest absolute Gasteiger partial charge is 0.302 e. The Morgan fingerprint density at radius 3 is 2.05 bits per heavy atom. The molecule has 2 nitrogen and oxygen atoms in total. The van der Waals surface area contributed by atoms with E-state index < -0.39 is 0 Å². The predicted molar refractivity (Wildman–Crippen MR) is 85.9 cm³/mol. The van der Waals surface area contributed by atoms with Gasteiger partial charge in [-0.2, -0.15) is 0 Å². The van der Waals surface area contributed by atoms with Crippen LogP contribution in [-0.2, 0) is 11.2 Å². The minimum absolute atomic E-state index is 0.0333. The molecule has 0 saturated carbocycles. The molecule has 0 radical (unpaired) electrons. The van der Waals surface area contributed by atoms with E-state index >= 15 is 0 Å². The summed E-state index contributed by atoms with van der Waals surface area (Å²) in [5.74, 6) is 0.302. The van der Waals surface area contributed by atoms with E-state index in [9.17, 15) is 4.79 Å². The Morgan fingerprint density at radius 1 is 1.05 bits per heavy atom. The van der Waals surface area contributed by atoms with E-state index in [1.807, 2.05) is 18.2 Å². The van der Waals surface area contributed by atoms with Gasteiger partial charge in [-0.15, -0.1) is 0 Å². The van der Waals surface area contributed by atoms with Crippen LogP contribution in [-0.4, -0.2) is 17.4 Å². The lowest BCUT2D eigenvalue weighted by atomic mass is 9.86. The minimum atomic E-state index is -0.114. The summed E-state index contributed by atoms with van der Waals surface area (Å²) in [5, 5.41) is 3.48. The Morgan fingerprint density at radius 2 is 1.60 bits per heavy atom. The lowest BCUT2D eigenvalue weighted by molar-refractivity contribution is -0.123. The van der Waals surface area contributed by atoms with Gasteiger partial charge in [-0.05, 0) is 38.2 Å². The van der Waals surface area contributed by atoms with Gasteiger partial charge in [-0.3, -0.25) is 4.79 Å². The molecule has 0 aliphatic rings. The molecule has 112 valence electrons. The molecule has 1 unspecified atom stereocenters. The fourth-order valence-corrected chi connectivity index (χ4v) is 2.26. The zero-order chi connectivity index (χ0) is 15.4. The van der Waals surface area contributed by atoms with Crippen LogP contribution in [0, 0.1) is 5.41 Å². The molecule has 2 heteroatoms. The topological polar surface area (TPSA) is 29.1 Å². The molecule has 20 heavy (non-hydrogen) atoms. The first-order chi connectivity index (χ1) is 9.07. The number of benzene rings is 1. The van der Waals surface area contributed by atoms with Crippen molar-refractivity contribution in [3.05, 3.63) is 35.9 Å². The quantitative estimate of drug-likeness (QED) is 0.880. The number of carbonyl (C=O) groups is 1. The van der Waals surface area contributed by atoms with E-state index in [0.29, 0.717) is 12.2 Å². The van der Waals surface area contributed by atoms with Crippen LogP contribution in [0.5, 0.6) is 0 Å². The molecule has 0 aliphatic heterocycles. The number of carbonyl (C=O) groups excluding carboxylic acids is 1. The van der Waals surface area contributed by atoms with Crippen molar-refractivity contribution in [1.82, 2.24) is 5.32 Å². The summed E-state index contributed by atoms with van der Waals surface area (Å²) in [6.07, 6.45) is 1.36. The Labute approximate surface area is 124 Å². The van der Waals surface area contributed by atoms with Crippen LogP contribution >= 0.6 is 0 Å². The summed E-state index contributed by atoms with van der Waals surface area (Å²) in [6, 6.07) is 10.1. The van der Waals surface area contributed by atoms with Gasteiger partial charge in [0, 0.05) is 12.0 Å². The standard InChI is InChI=1S/C18H29NO/c1-17(2,3)13-16(20)15(19-18(4,5)6)12-14-10-8-7-9-11-14/h7-11,15,19H,12-13H2,1-6H3. The van der Waals surface area contributed by atoms with Crippen molar-refractivity contribution in [3.8, 4) is 0 Å². The maximum absolute atomic E-state index is 12.6. The molecule has 1 aromatic rings. The van der Waals surface area contributed by atoms with E-state index in [1.54, 1.807) is 0 Å². The zero-order valence-corrected chi connectivity index (χ0v) is 13.8. The third-order valence-corrected chi connectivity index (χ3v) is 2.98. The highest BCUT2D eigenvalue weighted by molar-refractivity contribution is 5.85. The summed E-state index contributed by atoms with van der Waals surface area (Å²) in [4.78, 5) is 12.6. The Bertz CT molecular complexity index is 423. The molecule has 0 fully saturated rings. The maximum Gasteiger partial charge on any atom is 0.150 e. The summed E-state index contributed by atoms with van der Waals surface area (Å²) in [5.41, 5.74) is 1.18. The molecule has 1 atom stereocenters. The second-order valence-electron chi connectivity index (χ2n) is 7.84. The number of hydrogen-bond donors (Lipinski definition) is 1. The summed E-state index contributed by atoms with van der Waals surface area (Å²) < 4.78 is 0. The van der Waals surface area contributed by atoms with Gasteiger partial charge in [-0.1, -0.05) is 51.1 Å². The highest BCUT2D eigenvalue weighted by Gasteiger charge is 2.27. The van der Waals surface area contributed by atoms with Crippen LogP contribution in [0.1, 0.15) is 53.5 Å². The zero-order valence-electron chi connectivity index (χ0n) is 13.8. The molecule has 0 saturated heterocycles. The predicted octanol–water partition coefficient (Wildman–Crippen LogP) is 3.99. The molecule has 0 heterocycles. The van der Waals surface area contributed by atoms with E-state index in [-0.39, 0.29) is 17.0 Å². The lowest BCUT2D eigenvalue weighted by Crippen LogP contribution is -2.49. The molecule has 0 spiro atoms. The number of nitrogens with one attached hydrogen (secondary N) is 1. The average Bonchev–Trinajstić information content (AvgIpc) is 2.25. The van der Waals surface area contributed by atoms with E-state index in [4.69, 9.17) is 0 Å². The van der Waals surface area contributed by atoms with Crippen molar-refractivity contribution in [3.63, 3.8) is 0 Å². The van der Waals surface area contributed by atoms with E-state index in [2.05, 4.69) is 59.0 Å². The molecule has 1 rings (SSSR count). The van der Waals surface area contributed by atoms with Gasteiger partial charge in [0.25, 0.3) is 0 Å². The van der Waals surface area contributed by atoms with Gasteiger partial charge in [0.15, 0.2) is 5.78 Å². The second kappa shape index (κ2) is 6.53. The van der Waals surface area contributed by atoms with Gasteiger partial charge in [0.1, 0.15) is 0 Å². The van der Waals surface area contributed by atoms with Gasteiger partial charge in [0.05, 0.1) is 6.04 Å². The first-order valence-corrected chi connectivity index (χ1v) is 7.41. The SMILES string of the molecule is CC(C)(C)CC(=O)C(Cc1ccccc1)NC(C)(C)C. The van der Waals surface area contributed by atoms with Crippen molar-refractivity contribution >= 4 is 5.78 Å². The highest BCUT2D eigenvalue weighted by Crippen LogP contribution is 2.21. The van der Waals surface area contributed by atoms with Crippen molar-refractivity contribution < 1.29 is 4.79 Å². The van der Waals surface area contributed by atoms with Crippen LogP contribution in [0.2, 0.25) is 0 Å². The van der Waals surface area contributed by atoms with Crippen molar-refractivity contribution in [2.24, 2.45) is 5.41 Å². The number of Topliss-reactive ketones (excluding diaryl/α,β-unsaturated/α-hetero) is 1. The van der Waals surface area contributed by atoms with Crippen LogP contribution in [0.25, 0.3) is 0 Å². The molecule has 0 aromatic heterocycles. The van der Waals surface area contributed by atoms with Crippen molar-refractivity contribution in [2.45, 2.75) is 66.0 Å². The van der Waals surface area contributed by atoms with Crippen molar-refractivity contribution in [1.29, 1.82) is 0 Å². The molecule has 1 aromatic carbocycles. The van der Waals surface area contributed by atoms with E-state index in [1.165, 1.54) is 5.56 Å².